The molecule has 2 aliphatic rings. The molecule has 1 saturated heterocycles. The number of hydrogen-bond donors (Lipinski definition) is 1. The standard InChI is InChI=1S/C24H24ClFN4O3/c1-14-3-5-19-22(30(14)24(31)32-2)8-6-18(15-10-28-29(13-15)16-11-27-12-16)23(19)33-17-4-7-21(26)20(25)9-17/h4,6-10,13-14,16,27H,3,5,11-12H2,1-2H3. The van der Waals surface area contributed by atoms with Gasteiger partial charge in [0.05, 0.1) is 30.1 Å². The molecule has 0 aliphatic carbocycles. The fourth-order valence-corrected chi connectivity index (χ4v) is 4.49. The summed E-state index contributed by atoms with van der Waals surface area (Å²) in [6, 6.07) is 8.42. The third-order valence-corrected chi connectivity index (χ3v) is 6.57. The molecule has 172 valence electrons. The van der Waals surface area contributed by atoms with Crippen molar-refractivity contribution >= 4 is 23.4 Å². The van der Waals surface area contributed by atoms with Gasteiger partial charge in [-0.15, -0.1) is 0 Å². The Morgan fingerprint density at radius 2 is 2.09 bits per heavy atom. The number of methoxy groups -OCH3 is 1. The molecule has 1 amide bonds. The quantitative estimate of drug-likeness (QED) is 0.568. The van der Waals surface area contributed by atoms with Gasteiger partial charge in [0.2, 0.25) is 0 Å². The van der Waals surface area contributed by atoms with Crippen molar-refractivity contribution < 1.29 is 18.7 Å². The lowest BCUT2D eigenvalue weighted by Crippen LogP contribution is -2.43. The number of fused-ring (bicyclic) bond motifs is 1. The summed E-state index contributed by atoms with van der Waals surface area (Å²) in [5.74, 6) is 0.498. The van der Waals surface area contributed by atoms with Gasteiger partial charge in [-0.05, 0) is 44.0 Å². The summed E-state index contributed by atoms with van der Waals surface area (Å²) in [5.41, 5.74) is 3.36. The summed E-state index contributed by atoms with van der Waals surface area (Å²) in [6.07, 6.45) is 4.86. The maximum absolute atomic E-state index is 13.7. The molecule has 1 N–H and O–H groups in total. The van der Waals surface area contributed by atoms with E-state index < -0.39 is 11.9 Å². The van der Waals surface area contributed by atoms with E-state index >= 15 is 0 Å². The molecule has 2 aliphatic heterocycles. The second-order valence-electron chi connectivity index (χ2n) is 8.37. The predicted molar refractivity (Wildman–Crippen MR) is 124 cm³/mol. The summed E-state index contributed by atoms with van der Waals surface area (Å²) in [5, 5.41) is 7.77. The number of aromatic nitrogens is 2. The topological polar surface area (TPSA) is 68.6 Å². The van der Waals surface area contributed by atoms with E-state index in [1.54, 1.807) is 4.90 Å². The maximum Gasteiger partial charge on any atom is 0.414 e. The van der Waals surface area contributed by atoms with Gasteiger partial charge >= 0.3 is 6.09 Å². The van der Waals surface area contributed by atoms with E-state index in [1.807, 2.05) is 36.1 Å². The first kappa shape index (κ1) is 21.7. The third kappa shape index (κ3) is 3.94. The zero-order chi connectivity index (χ0) is 23.1. The highest BCUT2D eigenvalue weighted by Gasteiger charge is 2.32. The van der Waals surface area contributed by atoms with E-state index in [2.05, 4.69) is 10.4 Å². The number of rotatable bonds is 4. The van der Waals surface area contributed by atoms with E-state index in [-0.39, 0.29) is 11.1 Å². The first-order valence-electron chi connectivity index (χ1n) is 10.9. The third-order valence-electron chi connectivity index (χ3n) is 6.28. The fraction of sp³-hybridized carbons (Fsp3) is 0.333. The lowest BCUT2D eigenvalue weighted by atomic mass is 9.92. The van der Waals surface area contributed by atoms with Crippen LogP contribution in [0, 0.1) is 5.82 Å². The molecule has 1 fully saturated rings. The van der Waals surface area contributed by atoms with E-state index in [9.17, 15) is 9.18 Å². The molecule has 1 aromatic heterocycles. The van der Waals surface area contributed by atoms with Crippen LogP contribution in [0.2, 0.25) is 5.02 Å². The zero-order valence-electron chi connectivity index (χ0n) is 18.3. The van der Waals surface area contributed by atoms with Crippen molar-refractivity contribution in [3.8, 4) is 22.6 Å². The Balaban J connectivity index is 1.63. The van der Waals surface area contributed by atoms with Gasteiger partial charge in [0.1, 0.15) is 17.3 Å². The second-order valence-corrected chi connectivity index (χ2v) is 8.77. The molecular weight excluding hydrogens is 447 g/mol. The highest BCUT2D eigenvalue weighted by molar-refractivity contribution is 6.30. The van der Waals surface area contributed by atoms with E-state index in [0.717, 1.165) is 41.9 Å². The van der Waals surface area contributed by atoms with Gasteiger partial charge in [0, 0.05) is 48.1 Å². The van der Waals surface area contributed by atoms with Crippen molar-refractivity contribution in [1.82, 2.24) is 15.1 Å². The maximum atomic E-state index is 13.7. The van der Waals surface area contributed by atoms with E-state index in [1.165, 1.54) is 25.3 Å². The van der Waals surface area contributed by atoms with Crippen molar-refractivity contribution in [2.75, 3.05) is 25.1 Å². The van der Waals surface area contributed by atoms with Gasteiger partial charge in [-0.3, -0.25) is 9.58 Å². The summed E-state index contributed by atoms with van der Waals surface area (Å²) in [6.45, 7) is 3.76. The summed E-state index contributed by atoms with van der Waals surface area (Å²) in [4.78, 5) is 14.2. The van der Waals surface area contributed by atoms with Crippen molar-refractivity contribution in [1.29, 1.82) is 0 Å². The minimum atomic E-state index is -0.514. The van der Waals surface area contributed by atoms with Crippen LogP contribution in [-0.4, -0.2) is 42.1 Å². The Bertz CT molecular complexity index is 1210. The Labute approximate surface area is 196 Å². The highest BCUT2D eigenvalue weighted by atomic mass is 35.5. The van der Waals surface area contributed by atoms with Gasteiger partial charge < -0.3 is 14.8 Å². The van der Waals surface area contributed by atoms with Gasteiger partial charge in [-0.2, -0.15) is 5.10 Å². The first-order chi connectivity index (χ1) is 16.0. The zero-order valence-corrected chi connectivity index (χ0v) is 19.1. The summed E-state index contributed by atoms with van der Waals surface area (Å²) >= 11 is 6.00. The molecule has 1 unspecified atom stereocenters. The number of anilines is 1. The SMILES string of the molecule is COC(=O)N1c2ccc(-c3cnn(C4CNC4)c3)c(Oc3ccc(F)c(Cl)c3)c2CCC1C. The monoisotopic (exact) mass is 470 g/mol. The summed E-state index contributed by atoms with van der Waals surface area (Å²) < 4.78 is 27.0. The van der Waals surface area contributed by atoms with Crippen LogP contribution in [0.3, 0.4) is 0 Å². The Morgan fingerprint density at radius 3 is 2.79 bits per heavy atom. The minimum absolute atomic E-state index is 0.0159. The van der Waals surface area contributed by atoms with Crippen LogP contribution in [0.15, 0.2) is 42.7 Å². The molecule has 0 saturated carbocycles. The Kier molecular flexibility index (Phi) is 5.72. The van der Waals surface area contributed by atoms with Crippen LogP contribution < -0.4 is 15.0 Å². The molecule has 0 bridgehead atoms. The molecule has 0 radical (unpaired) electrons. The number of carbonyl (C=O) groups is 1. The van der Waals surface area contributed by atoms with Gasteiger partial charge in [0.25, 0.3) is 0 Å². The predicted octanol–water partition coefficient (Wildman–Crippen LogP) is 5.19. The molecule has 5 rings (SSSR count). The van der Waals surface area contributed by atoms with Crippen LogP contribution in [0.1, 0.15) is 24.9 Å². The van der Waals surface area contributed by atoms with Gasteiger partial charge in [0.15, 0.2) is 0 Å². The molecule has 0 spiro atoms. The molecule has 9 heteroatoms. The number of nitrogens with one attached hydrogen (secondary N) is 1. The van der Waals surface area contributed by atoms with Crippen molar-refractivity contribution in [2.45, 2.75) is 31.8 Å². The first-order valence-corrected chi connectivity index (χ1v) is 11.2. The molecule has 7 nitrogen and oxygen atoms in total. The number of benzene rings is 2. The van der Waals surface area contributed by atoms with Crippen molar-refractivity contribution in [3.05, 3.63) is 59.1 Å². The summed E-state index contributed by atoms with van der Waals surface area (Å²) in [7, 11) is 1.37. The number of ether oxygens (including phenoxy) is 2. The van der Waals surface area contributed by atoms with Gasteiger partial charge in [-0.1, -0.05) is 11.6 Å². The van der Waals surface area contributed by atoms with Crippen molar-refractivity contribution in [2.24, 2.45) is 0 Å². The normalized spacial score (nSPS) is 17.9. The largest absolute Gasteiger partial charge is 0.456 e. The number of halogens is 2. The molecule has 2 aromatic carbocycles. The smallest absolute Gasteiger partial charge is 0.414 e. The lowest BCUT2D eigenvalue weighted by molar-refractivity contribution is 0.175. The molecule has 33 heavy (non-hydrogen) atoms. The Hall–Kier alpha value is -3.10. The number of hydrogen-bond acceptors (Lipinski definition) is 5. The Morgan fingerprint density at radius 1 is 1.27 bits per heavy atom. The molecular formula is C24H24ClFN4O3. The van der Waals surface area contributed by atoms with Crippen molar-refractivity contribution in [3.63, 3.8) is 0 Å². The lowest BCUT2D eigenvalue weighted by Gasteiger charge is -2.35. The van der Waals surface area contributed by atoms with Crippen LogP contribution in [0.25, 0.3) is 11.1 Å². The number of amides is 1. The van der Waals surface area contributed by atoms with Crippen LogP contribution >= 0.6 is 11.6 Å². The average molecular weight is 471 g/mol. The van der Waals surface area contributed by atoms with E-state index in [0.29, 0.717) is 24.0 Å². The second kappa shape index (κ2) is 8.68. The number of carbonyl (C=O) groups excluding carboxylic acids is 1. The highest BCUT2D eigenvalue weighted by Crippen LogP contribution is 2.45. The number of nitrogens with zero attached hydrogens (tertiary/aromatic N) is 3. The van der Waals surface area contributed by atoms with Crippen LogP contribution in [0.4, 0.5) is 14.9 Å². The molecule has 3 heterocycles. The fourth-order valence-electron chi connectivity index (χ4n) is 4.32. The molecule has 3 aromatic rings. The van der Waals surface area contributed by atoms with Gasteiger partial charge in [-0.25, -0.2) is 9.18 Å². The van der Waals surface area contributed by atoms with Crippen LogP contribution in [0.5, 0.6) is 11.5 Å². The van der Waals surface area contributed by atoms with Crippen LogP contribution in [-0.2, 0) is 11.2 Å². The van der Waals surface area contributed by atoms with E-state index in [4.69, 9.17) is 21.1 Å². The molecule has 1 atom stereocenters. The minimum Gasteiger partial charge on any atom is -0.456 e. The average Bonchev–Trinajstić information content (AvgIpc) is 3.23.